The Morgan fingerprint density at radius 2 is 1.55 bits per heavy atom. The Labute approximate surface area is 185 Å². The van der Waals surface area contributed by atoms with Crippen molar-refractivity contribution in [2.75, 3.05) is 20.3 Å². The molecule has 1 atom stereocenters. The molecule has 2 aliphatic carbocycles. The fraction of sp³-hybridized carbons (Fsp3) is 0.680. The van der Waals surface area contributed by atoms with Crippen LogP contribution in [-0.2, 0) is 9.59 Å². The first kappa shape index (κ1) is 22.0. The van der Waals surface area contributed by atoms with E-state index >= 15 is 0 Å². The molecule has 31 heavy (non-hydrogen) atoms. The van der Waals surface area contributed by atoms with Gasteiger partial charge in [-0.2, -0.15) is 0 Å². The zero-order valence-electron chi connectivity index (χ0n) is 19.0. The summed E-state index contributed by atoms with van der Waals surface area (Å²) in [4.78, 5) is 31.2. The largest absolute Gasteiger partial charge is 0.493 e. The average Bonchev–Trinajstić information content (AvgIpc) is 2.81. The number of ether oxygens (including phenoxy) is 2. The van der Waals surface area contributed by atoms with Crippen LogP contribution in [0.3, 0.4) is 0 Å². The predicted molar refractivity (Wildman–Crippen MR) is 119 cm³/mol. The summed E-state index contributed by atoms with van der Waals surface area (Å²) in [6, 6.07) is 5.45. The summed E-state index contributed by atoms with van der Waals surface area (Å²) in [5.41, 5.74) is 0.824. The quantitative estimate of drug-likeness (QED) is 0.671. The summed E-state index contributed by atoms with van der Waals surface area (Å²) in [5, 5.41) is 0. The van der Waals surface area contributed by atoms with E-state index in [2.05, 4.69) is 0 Å². The lowest BCUT2D eigenvalue weighted by Gasteiger charge is -2.48. The van der Waals surface area contributed by atoms with E-state index in [1.165, 1.54) is 12.8 Å². The van der Waals surface area contributed by atoms with Crippen LogP contribution in [0.4, 0.5) is 0 Å². The van der Waals surface area contributed by atoms with Crippen LogP contribution in [0, 0.1) is 0 Å². The molecule has 1 aliphatic heterocycles. The number of carbonyl (C=O) groups is 2. The van der Waals surface area contributed by atoms with Crippen LogP contribution in [0.2, 0.25) is 0 Å². The van der Waals surface area contributed by atoms with Gasteiger partial charge in [-0.1, -0.05) is 44.6 Å². The third kappa shape index (κ3) is 4.53. The fourth-order valence-corrected chi connectivity index (χ4v) is 5.63. The molecule has 3 aliphatic rings. The highest BCUT2D eigenvalue weighted by atomic mass is 16.5. The van der Waals surface area contributed by atoms with Gasteiger partial charge in [-0.15, -0.1) is 0 Å². The van der Waals surface area contributed by atoms with Crippen molar-refractivity contribution in [3.63, 3.8) is 0 Å². The first-order valence-electron chi connectivity index (χ1n) is 12.1. The Kier molecular flexibility index (Phi) is 7.03. The van der Waals surface area contributed by atoms with Gasteiger partial charge in [0.15, 0.2) is 11.5 Å². The number of amides is 2. The van der Waals surface area contributed by atoms with E-state index in [1.54, 1.807) is 7.11 Å². The van der Waals surface area contributed by atoms with Crippen LogP contribution in [-0.4, -0.2) is 54.0 Å². The third-order valence-corrected chi connectivity index (χ3v) is 7.18. The molecular formula is C25H36N2O4. The topological polar surface area (TPSA) is 59.1 Å². The second-order valence-corrected chi connectivity index (χ2v) is 9.10. The standard InChI is InChI=1S/C25H36N2O4/c1-3-31-21-15-14-18(16-22(21)30-2)24-25(29)26(19-10-6-4-7-11-19)17-23(28)27(24)20-12-8-5-9-13-20/h14-16,19-20,24H,3-13,17H2,1-2H3/t24-/m0/s1. The van der Waals surface area contributed by atoms with Gasteiger partial charge in [0.25, 0.3) is 5.91 Å². The van der Waals surface area contributed by atoms with Crippen molar-refractivity contribution in [1.29, 1.82) is 0 Å². The summed E-state index contributed by atoms with van der Waals surface area (Å²) in [5.74, 6) is 1.44. The van der Waals surface area contributed by atoms with Gasteiger partial charge >= 0.3 is 0 Å². The molecule has 0 bridgehead atoms. The van der Waals surface area contributed by atoms with Crippen molar-refractivity contribution < 1.29 is 19.1 Å². The summed E-state index contributed by atoms with van der Waals surface area (Å²) in [6.45, 7) is 2.70. The van der Waals surface area contributed by atoms with E-state index in [1.807, 2.05) is 34.9 Å². The van der Waals surface area contributed by atoms with Gasteiger partial charge in [-0.25, -0.2) is 0 Å². The molecule has 3 fully saturated rings. The highest BCUT2D eigenvalue weighted by molar-refractivity contribution is 5.96. The van der Waals surface area contributed by atoms with E-state index in [9.17, 15) is 9.59 Å². The molecule has 2 saturated carbocycles. The minimum atomic E-state index is -0.573. The van der Waals surface area contributed by atoms with Gasteiger partial charge in [0.2, 0.25) is 5.91 Å². The van der Waals surface area contributed by atoms with Gasteiger partial charge in [0.1, 0.15) is 12.6 Å². The minimum absolute atomic E-state index is 0.0725. The average molecular weight is 429 g/mol. The van der Waals surface area contributed by atoms with Crippen molar-refractivity contribution in [3.05, 3.63) is 23.8 Å². The molecule has 1 aromatic carbocycles. The van der Waals surface area contributed by atoms with Crippen molar-refractivity contribution in [1.82, 2.24) is 9.80 Å². The van der Waals surface area contributed by atoms with Gasteiger partial charge in [0.05, 0.1) is 13.7 Å². The van der Waals surface area contributed by atoms with E-state index < -0.39 is 6.04 Å². The van der Waals surface area contributed by atoms with E-state index in [4.69, 9.17) is 9.47 Å². The van der Waals surface area contributed by atoms with Crippen molar-refractivity contribution >= 4 is 11.8 Å². The molecule has 0 radical (unpaired) electrons. The normalized spacial score (nSPS) is 23.9. The number of methoxy groups -OCH3 is 1. The number of hydrogen-bond donors (Lipinski definition) is 0. The molecule has 170 valence electrons. The molecule has 1 aromatic rings. The number of nitrogens with zero attached hydrogens (tertiary/aromatic N) is 2. The first-order valence-corrected chi connectivity index (χ1v) is 12.1. The third-order valence-electron chi connectivity index (χ3n) is 7.18. The Bertz CT molecular complexity index is 784. The molecular weight excluding hydrogens is 392 g/mol. The zero-order chi connectivity index (χ0) is 21.8. The molecule has 0 N–H and O–H groups in total. The molecule has 0 spiro atoms. The highest BCUT2D eigenvalue weighted by Crippen LogP contribution is 2.39. The lowest BCUT2D eigenvalue weighted by molar-refractivity contribution is -0.162. The molecule has 4 rings (SSSR count). The maximum absolute atomic E-state index is 13.9. The molecule has 2 amide bonds. The second-order valence-electron chi connectivity index (χ2n) is 9.10. The molecule has 6 nitrogen and oxygen atoms in total. The van der Waals surface area contributed by atoms with Crippen LogP contribution in [0.5, 0.6) is 11.5 Å². The monoisotopic (exact) mass is 428 g/mol. The van der Waals surface area contributed by atoms with Crippen molar-refractivity contribution in [2.24, 2.45) is 0 Å². The van der Waals surface area contributed by atoms with Gasteiger partial charge in [0, 0.05) is 12.1 Å². The Morgan fingerprint density at radius 3 is 2.16 bits per heavy atom. The number of carbonyl (C=O) groups excluding carboxylic acids is 2. The lowest BCUT2D eigenvalue weighted by Crippen LogP contribution is -2.61. The van der Waals surface area contributed by atoms with Crippen LogP contribution in [0.1, 0.15) is 82.7 Å². The Hall–Kier alpha value is -2.24. The van der Waals surface area contributed by atoms with E-state index in [0.717, 1.165) is 56.9 Å². The maximum atomic E-state index is 13.9. The van der Waals surface area contributed by atoms with Crippen LogP contribution < -0.4 is 9.47 Å². The van der Waals surface area contributed by atoms with Crippen LogP contribution in [0.25, 0.3) is 0 Å². The van der Waals surface area contributed by atoms with Gasteiger partial charge in [-0.05, 0) is 50.3 Å². The second kappa shape index (κ2) is 9.92. The van der Waals surface area contributed by atoms with Crippen molar-refractivity contribution in [2.45, 2.75) is 89.3 Å². The number of hydrogen-bond acceptors (Lipinski definition) is 4. The number of piperazine rings is 1. The lowest BCUT2D eigenvalue weighted by atomic mass is 9.88. The minimum Gasteiger partial charge on any atom is -0.493 e. The molecule has 1 heterocycles. The highest BCUT2D eigenvalue weighted by Gasteiger charge is 2.45. The fourth-order valence-electron chi connectivity index (χ4n) is 5.63. The number of benzene rings is 1. The Morgan fingerprint density at radius 1 is 0.903 bits per heavy atom. The van der Waals surface area contributed by atoms with Crippen LogP contribution >= 0.6 is 0 Å². The number of rotatable bonds is 6. The van der Waals surface area contributed by atoms with E-state index in [0.29, 0.717) is 18.1 Å². The summed E-state index contributed by atoms with van der Waals surface area (Å²) in [6.07, 6.45) is 10.9. The summed E-state index contributed by atoms with van der Waals surface area (Å²) < 4.78 is 11.2. The molecule has 6 heteroatoms. The molecule has 0 aromatic heterocycles. The van der Waals surface area contributed by atoms with Crippen LogP contribution in [0.15, 0.2) is 18.2 Å². The SMILES string of the molecule is CCOc1ccc([C@H]2C(=O)N(C3CCCCC3)CC(=O)N2C2CCCCC2)cc1OC. The van der Waals surface area contributed by atoms with Gasteiger partial charge < -0.3 is 19.3 Å². The summed E-state index contributed by atoms with van der Waals surface area (Å²) >= 11 is 0. The maximum Gasteiger partial charge on any atom is 0.250 e. The van der Waals surface area contributed by atoms with Crippen molar-refractivity contribution in [3.8, 4) is 11.5 Å². The molecule has 0 unspecified atom stereocenters. The summed E-state index contributed by atoms with van der Waals surface area (Å²) in [7, 11) is 1.61. The van der Waals surface area contributed by atoms with E-state index in [-0.39, 0.29) is 30.4 Å². The first-order chi connectivity index (χ1) is 15.1. The smallest absolute Gasteiger partial charge is 0.250 e. The Balaban J connectivity index is 1.70. The zero-order valence-corrected chi connectivity index (χ0v) is 19.0. The van der Waals surface area contributed by atoms with Gasteiger partial charge in [-0.3, -0.25) is 9.59 Å². The molecule has 1 saturated heterocycles. The predicted octanol–water partition coefficient (Wildman–Crippen LogP) is 4.47.